The molecule has 0 aliphatic carbocycles. The van der Waals surface area contributed by atoms with Crippen LogP contribution in [-0.2, 0) is 21.4 Å². The Labute approximate surface area is 140 Å². The van der Waals surface area contributed by atoms with Gasteiger partial charge >= 0.3 is 0 Å². The number of piperazine rings is 1. The first-order valence-electron chi connectivity index (χ1n) is 7.88. The lowest BCUT2D eigenvalue weighted by molar-refractivity contribution is -0.131. The number of aromatic nitrogens is 1. The average Bonchev–Trinajstić information content (AvgIpc) is 2.92. The van der Waals surface area contributed by atoms with E-state index in [4.69, 9.17) is 0 Å². The number of hydrogen-bond donors (Lipinski definition) is 3. The molecule has 5 heteroatoms. The van der Waals surface area contributed by atoms with Gasteiger partial charge in [0.25, 0.3) is 5.91 Å². The van der Waals surface area contributed by atoms with Crippen molar-refractivity contribution in [2.45, 2.75) is 31.7 Å². The third-order valence-electron chi connectivity index (χ3n) is 4.55. The summed E-state index contributed by atoms with van der Waals surface area (Å²) in [5.74, 6) is -0.587. The third-order valence-corrected chi connectivity index (χ3v) is 4.55. The second kappa shape index (κ2) is 5.67. The number of H-pyrrole nitrogens is 1. The normalized spacial score (nSPS) is 18.4. The van der Waals surface area contributed by atoms with Crippen molar-refractivity contribution in [3.63, 3.8) is 0 Å². The molecule has 2 heterocycles. The highest BCUT2D eigenvalue weighted by atomic mass is 16.2. The summed E-state index contributed by atoms with van der Waals surface area (Å²) in [5, 5.41) is 6.31. The molecule has 0 spiro atoms. The Kier molecular flexibility index (Phi) is 3.79. The van der Waals surface area contributed by atoms with E-state index in [0.29, 0.717) is 6.42 Å². The number of fused-ring (bicyclic) bond motifs is 1. The van der Waals surface area contributed by atoms with Gasteiger partial charge in [-0.2, -0.15) is 0 Å². The topological polar surface area (TPSA) is 74.0 Å². The van der Waals surface area contributed by atoms with E-state index in [-0.39, 0.29) is 22.9 Å². The quantitative estimate of drug-likeness (QED) is 0.597. The summed E-state index contributed by atoms with van der Waals surface area (Å²) in [4.78, 5) is 27.5. The molecule has 0 radical (unpaired) electrons. The molecule has 5 nitrogen and oxygen atoms in total. The standard InChI is InChI=1S/C19H21N3O2/c1-5-19(3,4)16-13(12-8-6-7-9-14(12)21-16)10-15-18(24)20-11(2)17(23)22-15/h5-9,15,21H,1-2,10H2,3-4H3,(H,20,24)(H,22,23). The molecule has 1 unspecified atom stereocenters. The average molecular weight is 323 g/mol. The van der Waals surface area contributed by atoms with Crippen molar-refractivity contribution in [2.24, 2.45) is 0 Å². The summed E-state index contributed by atoms with van der Waals surface area (Å²) in [7, 11) is 0. The van der Waals surface area contributed by atoms with Gasteiger partial charge < -0.3 is 15.6 Å². The number of para-hydroxylation sites is 1. The zero-order valence-electron chi connectivity index (χ0n) is 13.9. The number of carbonyl (C=O) groups excluding carboxylic acids is 2. The minimum absolute atomic E-state index is 0.0850. The van der Waals surface area contributed by atoms with Gasteiger partial charge in [0.15, 0.2) is 0 Å². The second-order valence-corrected chi connectivity index (χ2v) is 6.65. The Morgan fingerprint density at radius 2 is 1.96 bits per heavy atom. The molecule has 3 N–H and O–H groups in total. The fourth-order valence-electron chi connectivity index (χ4n) is 3.02. The van der Waals surface area contributed by atoms with Crippen LogP contribution >= 0.6 is 0 Å². The Bertz CT molecular complexity index is 861. The molecule has 24 heavy (non-hydrogen) atoms. The van der Waals surface area contributed by atoms with Crippen LogP contribution in [0.15, 0.2) is 49.2 Å². The second-order valence-electron chi connectivity index (χ2n) is 6.65. The maximum atomic E-state index is 12.2. The molecule has 1 aromatic carbocycles. The highest BCUT2D eigenvalue weighted by Gasteiger charge is 2.32. The molecule has 2 amide bonds. The van der Waals surface area contributed by atoms with Crippen LogP contribution < -0.4 is 10.6 Å². The Hall–Kier alpha value is -2.82. The lowest BCUT2D eigenvalue weighted by Gasteiger charge is -2.26. The summed E-state index contributed by atoms with van der Waals surface area (Å²) < 4.78 is 0. The smallest absolute Gasteiger partial charge is 0.267 e. The van der Waals surface area contributed by atoms with Crippen molar-refractivity contribution >= 4 is 22.7 Å². The summed E-state index contributed by atoms with van der Waals surface area (Å²) in [5.41, 5.74) is 2.83. The third kappa shape index (κ3) is 2.62. The number of benzene rings is 1. The van der Waals surface area contributed by atoms with E-state index >= 15 is 0 Å². The van der Waals surface area contributed by atoms with Gasteiger partial charge in [0, 0.05) is 28.4 Å². The van der Waals surface area contributed by atoms with E-state index in [2.05, 4.69) is 42.6 Å². The Morgan fingerprint density at radius 3 is 2.67 bits per heavy atom. The van der Waals surface area contributed by atoms with Crippen molar-refractivity contribution < 1.29 is 9.59 Å². The van der Waals surface area contributed by atoms with Crippen molar-refractivity contribution in [1.82, 2.24) is 15.6 Å². The minimum Gasteiger partial charge on any atom is -0.357 e. The van der Waals surface area contributed by atoms with Crippen LogP contribution in [0.3, 0.4) is 0 Å². The molecule has 0 bridgehead atoms. The van der Waals surface area contributed by atoms with Crippen LogP contribution in [-0.4, -0.2) is 22.8 Å². The van der Waals surface area contributed by atoms with Gasteiger partial charge in [0.1, 0.15) is 6.04 Å². The number of carbonyl (C=O) groups is 2. The summed E-state index contributed by atoms with van der Waals surface area (Å²) in [6, 6.07) is 7.33. The van der Waals surface area contributed by atoms with Gasteiger partial charge in [-0.15, -0.1) is 6.58 Å². The molecule has 1 aliphatic heterocycles. The number of allylic oxidation sites excluding steroid dienone is 1. The molecule has 1 aliphatic rings. The molecule has 2 aromatic rings. The molecule has 1 saturated heterocycles. The number of hydrogen-bond acceptors (Lipinski definition) is 2. The van der Waals surface area contributed by atoms with Gasteiger partial charge in [-0.3, -0.25) is 9.59 Å². The van der Waals surface area contributed by atoms with Crippen LogP contribution in [0.4, 0.5) is 0 Å². The van der Waals surface area contributed by atoms with Gasteiger partial charge in [0.05, 0.1) is 5.70 Å². The summed E-state index contributed by atoms with van der Waals surface area (Å²) >= 11 is 0. The number of rotatable bonds is 4. The van der Waals surface area contributed by atoms with E-state index in [9.17, 15) is 9.59 Å². The highest BCUT2D eigenvalue weighted by molar-refractivity contribution is 6.04. The summed E-state index contributed by atoms with van der Waals surface area (Å²) in [6.07, 6.45) is 2.28. The minimum atomic E-state index is -0.624. The van der Waals surface area contributed by atoms with E-state index in [0.717, 1.165) is 22.2 Å². The number of amides is 2. The molecular weight excluding hydrogens is 302 g/mol. The zero-order valence-corrected chi connectivity index (χ0v) is 13.9. The van der Waals surface area contributed by atoms with Crippen LogP contribution in [0, 0.1) is 0 Å². The first-order valence-corrected chi connectivity index (χ1v) is 7.88. The Morgan fingerprint density at radius 1 is 1.25 bits per heavy atom. The predicted octanol–water partition coefficient (Wildman–Crippen LogP) is 2.30. The Balaban J connectivity index is 2.06. The summed E-state index contributed by atoms with van der Waals surface area (Å²) in [6.45, 7) is 11.6. The van der Waals surface area contributed by atoms with Gasteiger partial charge in [-0.1, -0.05) is 44.7 Å². The van der Waals surface area contributed by atoms with E-state index in [1.54, 1.807) is 0 Å². The van der Waals surface area contributed by atoms with E-state index in [1.807, 2.05) is 30.3 Å². The van der Waals surface area contributed by atoms with Crippen LogP contribution in [0.2, 0.25) is 0 Å². The predicted molar refractivity (Wildman–Crippen MR) is 94.4 cm³/mol. The fraction of sp³-hybridized carbons (Fsp3) is 0.263. The molecule has 3 rings (SSSR count). The molecule has 124 valence electrons. The van der Waals surface area contributed by atoms with E-state index in [1.165, 1.54) is 0 Å². The lowest BCUT2D eigenvalue weighted by atomic mass is 9.85. The van der Waals surface area contributed by atoms with Gasteiger partial charge in [-0.25, -0.2) is 0 Å². The largest absolute Gasteiger partial charge is 0.357 e. The maximum absolute atomic E-state index is 12.2. The van der Waals surface area contributed by atoms with Crippen LogP contribution in [0.5, 0.6) is 0 Å². The van der Waals surface area contributed by atoms with Crippen molar-refractivity contribution in [3.8, 4) is 0 Å². The molecular formula is C19H21N3O2. The van der Waals surface area contributed by atoms with Crippen LogP contribution in [0.25, 0.3) is 10.9 Å². The molecule has 0 saturated carbocycles. The first kappa shape index (κ1) is 16.1. The van der Waals surface area contributed by atoms with Crippen LogP contribution in [0.1, 0.15) is 25.1 Å². The molecule has 1 atom stereocenters. The maximum Gasteiger partial charge on any atom is 0.267 e. The number of nitrogens with one attached hydrogen (secondary N) is 3. The molecule has 1 fully saturated rings. The lowest BCUT2D eigenvalue weighted by Crippen LogP contribution is -2.55. The van der Waals surface area contributed by atoms with E-state index < -0.39 is 6.04 Å². The van der Waals surface area contributed by atoms with Gasteiger partial charge in [-0.05, 0) is 11.6 Å². The zero-order chi connectivity index (χ0) is 17.5. The molecule has 1 aromatic heterocycles. The SMILES string of the molecule is C=CC(C)(C)c1[nH]c2ccccc2c1CC1NC(=O)C(=C)NC1=O. The van der Waals surface area contributed by atoms with Crippen molar-refractivity contribution in [1.29, 1.82) is 0 Å². The first-order chi connectivity index (χ1) is 11.3. The van der Waals surface area contributed by atoms with Gasteiger partial charge in [0.2, 0.25) is 5.91 Å². The van der Waals surface area contributed by atoms with Crippen molar-refractivity contribution in [2.75, 3.05) is 0 Å². The monoisotopic (exact) mass is 323 g/mol. The number of aromatic amines is 1. The fourth-order valence-corrected chi connectivity index (χ4v) is 3.02. The highest BCUT2D eigenvalue weighted by Crippen LogP contribution is 2.33. The van der Waals surface area contributed by atoms with Crippen molar-refractivity contribution in [3.05, 3.63) is 60.5 Å².